The summed E-state index contributed by atoms with van der Waals surface area (Å²) in [6.07, 6.45) is 0. The molecular formula is C17H22N2O. The molecule has 0 aliphatic heterocycles. The molecule has 0 atom stereocenters. The molecule has 0 spiro atoms. The van der Waals surface area contributed by atoms with Gasteiger partial charge in [0.1, 0.15) is 12.4 Å². The Hall–Kier alpha value is -2.00. The second-order valence-corrected chi connectivity index (χ2v) is 4.79. The molecular weight excluding hydrogens is 248 g/mol. The monoisotopic (exact) mass is 270 g/mol. The molecule has 0 saturated heterocycles. The van der Waals surface area contributed by atoms with Crippen LogP contribution in [-0.4, -0.2) is 27.2 Å². The lowest BCUT2D eigenvalue weighted by Crippen LogP contribution is -2.26. The van der Waals surface area contributed by atoms with E-state index in [4.69, 9.17) is 4.74 Å². The third-order valence-electron chi connectivity index (χ3n) is 3.22. The Morgan fingerprint density at radius 1 is 1.00 bits per heavy atom. The van der Waals surface area contributed by atoms with E-state index >= 15 is 0 Å². The zero-order chi connectivity index (χ0) is 14.2. The van der Waals surface area contributed by atoms with Crippen LogP contribution >= 0.6 is 0 Å². The van der Waals surface area contributed by atoms with Gasteiger partial charge in [0.15, 0.2) is 0 Å². The first-order valence-corrected chi connectivity index (χ1v) is 6.92. The van der Waals surface area contributed by atoms with Crippen molar-refractivity contribution >= 4 is 5.69 Å². The molecule has 2 aromatic rings. The number of ether oxygens (including phenoxy) is 1. The predicted molar refractivity (Wildman–Crippen MR) is 84.4 cm³/mol. The Bertz CT molecular complexity index is 496. The van der Waals surface area contributed by atoms with Crippen LogP contribution in [0.3, 0.4) is 0 Å². The van der Waals surface area contributed by atoms with Gasteiger partial charge in [-0.1, -0.05) is 30.3 Å². The highest BCUT2D eigenvalue weighted by Gasteiger charge is 2.01. The Morgan fingerprint density at radius 2 is 1.70 bits per heavy atom. The fraction of sp³-hybridized carbons (Fsp3) is 0.294. The van der Waals surface area contributed by atoms with Gasteiger partial charge < -0.3 is 15.0 Å². The summed E-state index contributed by atoms with van der Waals surface area (Å²) in [4.78, 5) is 2.22. The number of hydrogen-bond acceptors (Lipinski definition) is 3. The summed E-state index contributed by atoms with van der Waals surface area (Å²) < 4.78 is 5.78. The number of benzene rings is 2. The Kier molecular flexibility index (Phi) is 5.44. The molecule has 0 heterocycles. The Balaban J connectivity index is 1.88. The van der Waals surface area contributed by atoms with Gasteiger partial charge in [-0.2, -0.15) is 0 Å². The lowest BCUT2D eigenvalue weighted by Gasteiger charge is -2.19. The minimum absolute atomic E-state index is 0.607. The molecule has 3 heteroatoms. The highest BCUT2D eigenvalue weighted by Crippen LogP contribution is 2.19. The van der Waals surface area contributed by atoms with Gasteiger partial charge in [-0.25, -0.2) is 0 Å². The van der Waals surface area contributed by atoms with Gasteiger partial charge in [-0.3, -0.25) is 0 Å². The van der Waals surface area contributed by atoms with E-state index in [1.54, 1.807) is 0 Å². The zero-order valence-electron chi connectivity index (χ0n) is 12.2. The van der Waals surface area contributed by atoms with Crippen molar-refractivity contribution in [2.75, 3.05) is 32.1 Å². The number of rotatable bonds is 7. The maximum absolute atomic E-state index is 5.78. The summed E-state index contributed by atoms with van der Waals surface area (Å²) >= 11 is 0. The average molecular weight is 270 g/mol. The maximum atomic E-state index is 5.78. The molecule has 0 aromatic heterocycles. The topological polar surface area (TPSA) is 24.5 Å². The lowest BCUT2D eigenvalue weighted by molar-refractivity contribution is 0.306. The van der Waals surface area contributed by atoms with E-state index in [2.05, 4.69) is 41.5 Å². The average Bonchev–Trinajstić information content (AvgIpc) is 2.52. The number of hydrogen-bond donors (Lipinski definition) is 1. The van der Waals surface area contributed by atoms with Gasteiger partial charge in [0.25, 0.3) is 0 Å². The van der Waals surface area contributed by atoms with Crippen molar-refractivity contribution in [1.29, 1.82) is 0 Å². The van der Waals surface area contributed by atoms with Crippen molar-refractivity contribution in [3.63, 3.8) is 0 Å². The van der Waals surface area contributed by atoms with Gasteiger partial charge in [0.05, 0.1) is 0 Å². The van der Waals surface area contributed by atoms with Crippen LogP contribution in [0.4, 0.5) is 5.69 Å². The molecule has 0 amide bonds. The van der Waals surface area contributed by atoms with Crippen LogP contribution in [0.15, 0.2) is 54.6 Å². The number of likely N-dealkylation sites (N-methyl/N-ethyl adjacent to an activating group) is 2. The predicted octanol–water partition coefficient (Wildman–Crippen LogP) is 2.92. The number of nitrogens with one attached hydrogen (secondary N) is 1. The molecule has 0 bridgehead atoms. The molecule has 0 unspecified atom stereocenters. The third-order valence-corrected chi connectivity index (χ3v) is 3.22. The molecule has 0 aliphatic carbocycles. The maximum Gasteiger partial charge on any atom is 0.119 e. The minimum atomic E-state index is 0.607. The van der Waals surface area contributed by atoms with Gasteiger partial charge in [-0.05, 0) is 36.9 Å². The summed E-state index contributed by atoms with van der Waals surface area (Å²) in [6.45, 7) is 2.57. The summed E-state index contributed by atoms with van der Waals surface area (Å²) in [5.41, 5.74) is 2.38. The molecule has 0 fully saturated rings. The van der Waals surface area contributed by atoms with Crippen LogP contribution in [0.5, 0.6) is 5.75 Å². The largest absolute Gasteiger partial charge is 0.489 e. The standard InChI is InChI=1S/C17H22N2O/c1-18-12-13-19(2)16-8-10-17(11-9-16)20-14-15-6-4-3-5-7-15/h3-11,18H,12-14H2,1-2H3. The van der Waals surface area contributed by atoms with Gasteiger partial charge in [0.2, 0.25) is 0 Å². The highest BCUT2D eigenvalue weighted by atomic mass is 16.5. The van der Waals surface area contributed by atoms with Crippen molar-refractivity contribution in [1.82, 2.24) is 5.32 Å². The first kappa shape index (κ1) is 14.4. The van der Waals surface area contributed by atoms with E-state index in [0.29, 0.717) is 6.61 Å². The molecule has 2 aromatic carbocycles. The number of anilines is 1. The van der Waals surface area contributed by atoms with Crippen LogP contribution in [0.1, 0.15) is 5.56 Å². The SMILES string of the molecule is CNCCN(C)c1ccc(OCc2ccccc2)cc1. The molecule has 106 valence electrons. The van der Waals surface area contributed by atoms with Crippen molar-refractivity contribution in [2.45, 2.75) is 6.61 Å². The summed E-state index contributed by atoms with van der Waals surface area (Å²) in [6, 6.07) is 18.4. The van der Waals surface area contributed by atoms with Crippen molar-refractivity contribution < 1.29 is 4.74 Å². The van der Waals surface area contributed by atoms with E-state index in [-0.39, 0.29) is 0 Å². The third kappa shape index (κ3) is 4.28. The van der Waals surface area contributed by atoms with Gasteiger partial charge in [0, 0.05) is 25.8 Å². The van der Waals surface area contributed by atoms with Crippen LogP contribution < -0.4 is 15.0 Å². The second-order valence-electron chi connectivity index (χ2n) is 4.79. The van der Waals surface area contributed by atoms with E-state index in [9.17, 15) is 0 Å². The van der Waals surface area contributed by atoms with Crippen LogP contribution in [-0.2, 0) is 6.61 Å². The first-order valence-electron chi connectivity index (χ1n) is 6.92. The van der Waals surface area contributed by atoms with Crippen LogP contribution in [0, 0.1) is 0 Å². The Morgan fingerprint density at radius 3 is 2.35 bits per heavy atom. The van der Waals surface area contributed by atoms with E-state index in [1.807, 2.05) is 37.4 Å². The van der Waals surface area contributed by atoms with Crippen molar-refractivity contribution in [3.05, 3.63) is 60.2 Å². The molecule has 2 rings (SSSR count). The molecule has 0 radical (unpaired) electrons. The minimum Gasteiger partial charge on any atom is -0.489 e. The normalized spacial score (nSPS) is 10.3. The lowest BCUT2D eigenvalue weighted by atomic mass is 10.2. The smallest absolute Gasteiger partial charge is 0.119 e. The van der Waals surface area contributed by atoms with Gasteiger partial charge in [-0.15, -0.1) is 0 Å². The van der Waals surface area contributed by atoms with Gasteiger partial charge >= 0.3 is 0 Å². The van der Waals surface area contributed by atoms with Crippen molar-refractivity contribution in [2.24, 2.45) is 0 Å². The van der Waals surface area contributed by atoms with Crippen LogP contribution in [0.25, 0.3) is 0 Å². The second kappa shape index (κ2) is 7.56. The summed E-state index contributed by atoms with van der Waals surface area (Å²) in [5.74, 6) is 0.902. The summed E-state index contributed by atoms with van der Waals surface area (Å²) in [7, 11) is 4.06. The molecule has 3 nitrogen and oxygen atoms in total. The number of nitrogens with zero attached hydrogens (tertiary/aromatic N) is 1. The molecule has 1 N–H and O–H groups in total. The van der Waals surface area contributed by atoms with E-state index in [0.717, 1.165) is 18.8 Å². The van der Waals surface area contributed by atoms with E-state index in [1.165, 1.54) is 11.3 Å². The van der Waals surface area contributed by atoms with Crippen molar-refractivity contribution in [3.8, 4) is 5.75 Å². The quantitative estimate of drug-likeness (QED) is 0.837. The molecule has 20 heavy (non-hydrogen) atoms. The fourth-order valence-electron chi connectivity index (χ4n) is 1.95. The Labute approximate surface area is 121 Å². The van der Waals surface area contributed by atoms with E-state index < -0.39 is 0 Å². The summed E-state index contributed by atoms with van der Waals surface area (Å²) in [5, 5.41) is 3.15. The molecule has 0 saturated carbocycles. The first-order chi connectivity index (χ1) is 9.79. The zero-order valence-corrected chi connectivity index (χ0v) is 12.2. The highest BCUT2D eigenvalue weighted by molar-refractivity contribution is 5.48. The molecule has 0 aliphatic rings. The van der Waals surface area contributed by atoms with Crippen LogP contribution in [0.2, 0.25) is 0 Å². The fourth-order valence-corrected chi connectivity index (χ4v) is 1.95.